The Hall–Kier alpha value is -3.78. The van der Waals surface area contributed by atoms with E-state index in [9.17, 15) is 8.42 Å². The monoisotopic (exact) mass is 433 g/mol. The van der Waals surface area contributed by atoms with Crippen LogP contribution in [0.4, 0.5) is 17.1 Å². The third-order valence-corrected chi connectivity index (χ3v) is 5.55. The number of nitrogens with zero attached hydrogens (tertiary/aromatic N) is 1. The van der Waals surface area contributed by atoms with Gasteiger partial charge in [0.1, 0.15) is 16.8 Å². The molecule has 7 nitrogen and oxygen atoms in total. The molecule has 5 rings (SSSR count). The standard InChI is InChI=1S/C23H19N3O4S/c1-29-20-13-15(26-31(2,27)28)10-11-17(20)24-18-8-5-9-19-22(18)23-21(30-19)12-14-6-3-4-7-16(14)25-23/h3-13,24,26H,1-2H3. The number of methoxy groups -OCH3 is 1. The van der Waals surface area contributed by atoms with Crippen LogP contribution in [0.5, 0.6) is 5.75 Å². The number of furan rings is 1. The lowest BCUT2D eigenvalue weighted by Crippen LogP contribution is -2.09. The number of sulfonamides is 1. The Morgan fingerprint density at radius 2 is 1.77 bits per heavy atom. The highest BCUT2D eigenvalue weighted by atomic mass is 32.2. The first kappa shape index (κ1) is 19.2. The fourth-order valence-electron chi connectivity index (χ4n) is 3.65. The van der Waals surface area contributed by atoms with Gasteiger partial charge in [0, 0.05) is 11.5 Å². The van der Waals surface area contributed by atoms with E-state index in [1.54, 1.807) is 18.2 Å². The van der Waals surface area contributed by atoms with Gasteiger partial charge >= 0.3 is 0 Å². The fraction of sp³-hybridized carbons (Fsp3) is 0.0870. The fourth-order valence-corrected chi connectivity index (χ4v) is 4.21. The number of para-hydroxylation sites is 1. The molecule has 0 aliphatic carbocycles. The third kappa shape index (κ3) is 3.62. The van der Waals surface area contributed by atoms with Crippen LogP contribution in [0.3, 0.4) is 0 Å². The Bertz CT molecular complexity index is 1560. The lowest BCUT2D eigenvalue weighted by atomic mass is 10.1. The highest BCUT2D eigenvalue weighted by Gasteiger charge is 2.15. The summed E-state index contributed by atoms with van der Waals surface area (Å²) >= 11 is 0. The molecule has 0 saturated heterocycles. The van der Waals surface area contributed by atoms with E-state index in [0.717, 1.165) is 39.3 Å². The minimum Gasteiger partial charge on any atom is -0.494 e. The second-order valence-electron chi connectivity index (χ2n) is 7.22. The van der Waals surface area contributed by atoms with Crippen LogP contribution in [0.25, 0.3) is 33.0 Å². The highest BCUT2D eigenvalue weighted by Crippen LogP contribution is 2.38. The molecule has 0 aliphatic heterocycles. The molecule has 156 valence electrons. The van der Waals surface area contributed by atoms with Crippen molar-refractivity contribution in [3.63, 3.8) is 0 Å². The van der Waals surface area contributed by atoms with E-state index in [1.165, 1.54) is 7.11 Å². The third-order valence-electron chi connectivity index (χ3n) is 4.95. The molecule has 0 aliphatic rings. The van der Waals surface area contributed by atoms with Crippen LogP contribution >= 0.6 is 0 Å². The summed E-state index contributed by atoms with van der Waals surface area (Å²) in [5.74, 6) is 0.497. The zero-order valence-corrected chi connectivity index (χ0v) is 17.7. The predicted octanol–water partition coefficient (Wildman–Crippen LogP) is 5.26. The molecule has 3 aromatic carbocycles. The van der Waals surface area contributed by atoms with Crippen LogP contribution in [-0.4, -0.2) is 26.8 Å². The molecule has 2 heterocycles. The van der Waals surface area contributed by atoms with Crippen LogP contribution in [0, 0.1) is 0 Å². The van der Waals surface area contributed by atoms with Gasteiger partial charge in [0.25, 0.3) is 0 Å². The summed E-state index contributed by atoms with van der Waals surface area (Å²) in [7, 11) is -1.85. The smallest absolute Gasteiger partial charge is 0.229 e. The van der Waals surface area contributed by atoms with Crippen molar-refractivity contribution in [3.8, 4) is 5.75 Å². The first-order chi connectivity index (χ1) is 14.9. The van der Waals surface area contributed by atoms with Crippen molar-refractivity contribution in [2.24, 2.45) is 0 Å². The van der Waals surface area contributed by atoms with Gasteiger partial charge in [0.15, 0.2) is 5.58 Å². The summed E-state index contributed by atoms with van der Waals surface area (Å²) < 4.78 is 37.0. The number of hydrogen-bond acceptors (Lipinski definition) is 6. The SMILES string of the molecule is COc1cc(NS(C)(=O)=O)ccc1Nc1cccc2oc3cc4ccccc4nc3c12. The molecular weight excluding hydrogens is 414 g/mol. The Kier molecular flexibility index (Phi) is 4.44. The van der Waals surface area contributed by atoms with Crippen molar-refractivity contribution < 1.29 is 17.6 Å². The van der Waals surface area contributed by atoms with Gasteiger partial charge in [-0.2, -0.15) is 0 Å². The van der Waals surface area contributed by atoms with Gasteiger partial charge in [-0.15, -0.1) is 0 Å². The maximum Gasteiger partial charge on any atom is 0.229 e. The van der Waals surface area contributed by atoms with E-state index in [2.05, 4.69) is 10.0 Å². The van der Waals surface area contributed by atoms with E-state index in [1.807, 2.05) is 48.5 Å². The van der Waals surface area contributed by atoms with Gasteiger partial charge in [-0.3, -0.25) is 4.72 Å². The van der Waals surface area contributed by atoms with Crippen LogP contribution < -0.4 is 14.8 Å². The molecule has 2 N–H and O–H groups in total. The second kappa shape index (κ2) is 7.17. The number of pyridine rings is 1. The lowest BCUT2D eigenvalue weighted by molar-refractivity contribution is 0.417. The van der Waals surface area contributed by atoms with E-state index in [0.29, 0.717) is 22.7 Å². The normalized spacial score (nSPS) is 11.8. The summed E-state index contributed by atoms with van der Waals surface area (Å²) in [6.07, 6.45) is 1.10. The lowest BCUT2D eigenvalue weighted by Gasteiger charge is -2.14. The van der Waals surface area contributed by atoms with E-state index < -0.39 is 10.0 Å². The number of benzene rings is 3. The van der Waals surface area contributed by atoms with Crippen LogP contribution in [0.15, 0.2) is 71.1 Å². The van der Waals surface area contributed by atoms with Crippen molar-refractivity contribution in [3.05, 3.63) is 66.7 Å². The maximum atomic E-state index is 11.5. The zero-order chi connectivity index (χ0) is 21.6. The van der Waals surface area contributed by atoms with Gasteiger partial charge in [-0.1, -0.05) is 24.3 Å². The molecule has 0 radical (unpaired) electrons. The molecule has 8 heteroatoms. The summed E-state index contributed by atoms with van der Waals surface area (Å²) in [4.78, 5) is 4.82. The minimum absolute atomic E-state index is 0.421. The summed E-state index contributed by atoms with van der Waals surface area (Å²) in [5, 5.41) is 5.26. The number of hydrogen-bond donors (Lipinski definition) is 2. The van der Waals surface area contributed by atoms with Crippen LogP contribution in [0.2, 0.25) is 0 Å². The van der Waals surface area contributed by atoms with Crippen molar-refractivity contribution in [1.29, 1.82) is 0 Å². The first-order valence-corrected chi connectivity index (χ1v) is 11.4. The topological polar surface area (TPSA) is 93.5 Å². The Morgan fingerprint density at radius 3 is 2.58 bits per heavy atom. The summed E-state index contributed by atoms with van der Waals surface area (Å²) in [5.41, 5.74) is 5.00. The quantitative estimate of drug-likeness (QED) is 0.393. The molecule has 31 heavy (non-hydrogen) atoms. The Morgan fingerprint density at radius 1 is 0.935 bits per heavy atom. The number of fused-ring (bicyclic) bond motifs is 4. The summed E-state index contributed by atoms with van der Waals surface area (Å²) in [6.45, 7) is 0. The molecule has 0 unspecified atom stereocenters. The Labute approximate surface area is 178 Å². The molecule has 0 fully saturated rings. The first-order valence-electron chi connectivity index (χ1n) is 9.55. The average Bonchev–Trinajstić information content (AvgIpc) is 3.10. The molecule has 0 atom stereocenters. The second-order valence-corrected chi connectivity index (χ2v) is 8.97. The number of nitrogens with one attached hydrogen (secondary N) is 2. The summed E-state index contributed by atoms with van der Waals surface area (Å²) in [6, 6.07) is 20.7. The van der Waals surface area contributed by atoms with E-state index in [4.69, 9.17) is 14.1 Å². The average molecular weight is 433 g/mol. The molecule has 0 amide bonds. The van der Waals surface area contributed by atoms with Crippen molar-refractivity contribution >= 4 is 60.1 Å². The largest absolute Gasteiger partial charge is 0.494 e. The molecular formula is C23H19N3O4S. The highest BCUT2D eigenvalue weighted by molar-refractivity contribution is 7.92. The van der Waals surface area contributed by atoms with Gasteiger partial charge in [-0.05, 0) is 36.4 Å². The molecule has 0 spiro atoms. The predicted molar refractivity (Wildman–Crippen MR) is 124 cm³/mol. The van der Waals surface area contributed by atoms with Gasteiger partial charge in [0.2, 0.25) is 10.0 Å². The van der Waals surface area contributed by atoms with Gasteiger partial charge in [-0.25, -0.2) is 13.4 Å². The number of aromatic nitrogens is 1. The number of rotatable bonds is 5. The zero-order valence-electron chi connectivity index (χ0n) is 16.8. The van der Waals surface area contributed by atoms with Crippen molar-refractivity contribution in [1.82, 2.24) is 4.98 Å². The molecule has 0 bridgehead atoms. The van der Waals surface area contributed by atoms with Crippen molar-refractivity contribution in [2.45, 2.75) is 0 Å². The van der Waals surface area contributed by atoms with Crippen LogP contribution in [0.1, 0.15) is 0 Å². The number of ether oxygens (including phenoxy) is 1. The molecule has 0 saturated carbocycles. The minimum atomic E-state index is -3.38. The van der Waals surface area contributed by atoms with E-state index in [-0.39, 0.29) is 0 Å². The Balaban J connectivity index is 1.63. The molecule has 2 aromatic heterocycles. The molecule has 5 aromatic rings. The van der Waals surface area contributed by atoms with Gasteiger partial charge < -0.3 is 14.5 Å². The maximum absolute atomic E-state index is 11.5. The van der Waals surface area contributed by atoms with Crippen LogP contribution in [-0.2, 0) is 10.0 Å². The van der Waals surface area contributed by atoms with Crippen molar-refractivity contribution in [2.75, 3.05) is 23.4 Å². The van der Waals surface area contributed by atoms with Gasteiger partial charge in [0.05, 0.1) is 41.3 Å². The van der Waals surface area contributed by atoms with E-state index >= 15 is 0 Å². The number of anilines is 3.